The van der Waals surface area contributed by atoms with Gasteiger partial charge in [-0.3, -0.25) is 4.99 Å². The molecule has 110 valence electrons. The minimum Gasteiger partial charge on any atom is -0.370 e. The molecule has 1 aromatic rings. The first kappa shape index (κ1) is 14.9. The monoisotopic (exact) mass is 273 g/mol. The quantitative estimate of drug-likeness (QED) is 0.639. The SMILES string of the molecule is CC(C)CN=C(N)NC1CC1c1ccc(C(C)C)cc1. The molecule has 2 rings (SSSR count). The predicted molar refractivity (Wildman–Crippen MR) is 86.1 cm³/mol. The third-order valence-corrected chi connectivity index (χ3v) is 3.78. The molecule has 0 aromatic heterocycles. The number of nitrogens with two attached hydrogens (primary N) is 1. The van der Waals surface area contributed by atoms with Gasteiger partial charge in [-0.2, -0.15) is 0 Å². The van der Waals surface area contributed by atoms with Crippen molar-refractivity contribution in [2.45, 2.75) is 52.0 Å². The van der Waals surface area contributed by atoms with Gasteiger partial charge in [0, 0.05) is 18.5 Å². The molecule has 1 fully saturated rings. The fourth-order valence-electron chi connectivity index (χ4n) is 2.37. The molecule has 2 atom stereocenters. The second-order valence-electron chi connectivity index (χ2n) is 6.53. The van der Waals surface area contributed by atoms with Gasteiger partial charge in [0.25, 0.3) is 0 Å². The number of aliphatic imine (C=N–C) groups is 1. The molecule has 3 heteroatoms. The summed E-state index contributed by atoms with van der Waals surface area (Å²) in [5, 5.41) is 3.32. The summed E-state index contributed by atoms with van der Waals surface area (Å²) in [6.07, 6.45) is 1.15. The van der Waals surface area contributed by atoms with E-state index in [-0.39, 0.29) is 0 Å². The molecule has 2 unspecified atom stereocenters. The number of hydrogen-bond acceptors (Lipinski definition) is 1. The van der Waals surface area contributed by atoms with Crippen LogP contribution in [0, 0.1) is 5.92 Å². The molecule has 0 radical (unpaired) electrons. The minimum absolute atomic E-state index is 0.454. The van der Waals surface area contributed by atoms with E-state index in [1.807, 2.05) is 0 Å². The van der Waals surface area contributed by atoms with Gasteiger partial charge in [0.05, 0.1) is 0 Å². The van der Waals surface area contributed by atoms with Crippen molar-refractivity contribution in [1.82, 2.24) is 5.32 Å². The Bertz CT molecular complexity index is 460. The van der Waals surface area contributed by atoms with Crippen LogP contribution in [0.3, 0.4) is 0 Å². The molecular formula is C17H27N3. The van der Waals surface area contributed by atoms with Gasteiger partial charge in [0.1, 0.15) is 0 Å². The zero-order valence-electron chi connectivity index (χ0n) is 13.1. The molecule has 1 saturated carbocycles. The Hall–Kier alpha value is -1.51. The Labute approximate surface area is 122 Å². The second-order valence-corrected chi connectivity index (χ2v) is 6.53. The van der Waals surface area contributed by atoms with Crippen molar-refractivity contribution in [3.63, 3.8) is 0 Å². The largest absolute Gasteiger partial charge is 0.370 e. The van der Waals surface area contributed by atoms with Crippen molar-refractivity contribution in [2.75, 3.05) is 6.54 Å². The lowest BCUT2D eigenvalue weighted by Crippen LogP contribution is -2.34. The van der Waals surface area contributed by atoms with Crippen LogP contribution < -0.4 is 11.1 Å². The maximum Gasteiger partial charge on any atom is 0.188 e. The highest BCUT2D eigenvalue weighted by Gasteiger charge is 2.38. The molecule has 0 saturated heterocycles. The maximum absolute atomic E-state index is 5.91. The van der Waals surface area contributed by atoms with E-state index in [2.05, 4.69) is 62.3 Å². The van der Waals surface area contributed by atoms with Crippen LogP contribution in [0.25, 0.3) is 0 Å². The Morgan fingerprint density at radius 3 is 2.45 bits per heavy atom. The fourth-order valence-corrected chi connectivity index (χ4v) is 2.37. The number of benzene rings is 1. The predicted octanol–water partition coefficient (Wildman–Crippen LogP) is 3.23. The van der Waals surface area contributed by atoms with E-state index in [1.54, 1.807) is 0 Å². The molecule has 0 bridgehead atoms. The zero-order chi connectivity index (χ0) is 14.7. The first-order chi connectivity index (χ1) is 9.47. The van der Waals surface area contributed by atoms with Crippen LogP contribution in [0.4, 0.5) is 0 Å². The molecule has 1 aliphatic carbocycles. The summed E-state index contributed by atoms with van der Waals surface area (Å²) in [4.78, 5) is 4.35. The van der Waals surface area contributed by atoms with E-state index in [4.69, 9.17) is 5.73 Å². The number of nitrogens with zero attached hydrogens (tertiary/aromatic N) is 1. The topological polar surface area (TPSA) is 50.4 Å². The van der Waals surface area contributed by atoms with Crippen LogP contribution in [0.15, 0.2) is 29.3 Å². The van der Waals surface area contributed by atoms with Crippen LogP contribution in [0.5, 0.6) is 0 Å². The van der Waals surface area contributed by atoms with Crippen molar-refractivity contribution in [3.8, 4) is 0 Å². The van der Waals surface area contributed by atoms with Crippen LogP contribution in [-0.4, -0.2) is 18.5 Å². The van der Waals surface area contributed by atoms with E-state index in [9.17, 15) is 0 Å². The molecule has 1 aromatic carbocycles. The van der Waals surface area contributed by atoms with Crippen molar-refractivity contribution in [3.05, 3.63) is 35.4 Å². The van der Waals surface area contributed by atoms with Crippen molar-refractivity contribution < 1.29 is 0 Å². The molecule has 1 aliphatic rings. The Morgan fingerprint density at radius 1 is 1.25 bits per heavy atom. The minimum atomic E-state index is 0.454. The molecular weight excluding hydrogens is 246 g/mol. The molecule has 0 amide bonds. The second kappa shape index (κ2) is 6.29. The van der Waals surface area contributed by atoms with Crippen molar-refractivity contribution in [2.24, 2.45) is 16.6 Å². The lowest BCUT2D eigenvalue weighted by Gasteiger charge is -2.08. The van der Waals surface area contributed by atoms with Gasteiger partial charge in [-0.1, -0.05) is 52.0 Å². The summed E-state index contributed by atoms with van der Waals surface area (Å²) in [5.41, 5.74) is 8.71. The van der Waals surface area contributed by atoms with E-state index in [0.29, 0.717) is 29.8 Å². The van der Waals surface area contributed by atoms with Crippen LogP contribution in [0.2, 0.25) is 0 Å². The molecule has 3 N–H and O–H groups in total. The Morgan fingerprint density at radius 2 is 1.90 bits per heavy atom. The standard InChI is InChI=1S/C17H27N3/c1-11(2)10-19-17(18)20-16-9-15(16)14-7-5-13(6-8-14)12(3)4/h5-8,11-12,15-16H,9-10H2,1-4H3,(H3,18,19,20). The van der Waals surface area contributed by atoms with Gasteiger partial charge in [-0.05, 0) is 29.4 Å². The first-order valence-corrected chi connectivity index (χ1v) is 7.63. The fraction of sp³-hybridized carbons (Fsp3) is 0.588. The number of hydrogen-bond donors (Lipinski definition) is 2. The zero-order valence-corrected chi connectivity index (χ0v) is 13.1. The van der Waals surface area contributed by atoms with E-state index < -0.39 is 0 Å². The first-order valence-electron chi connectivity index (χ1n) is 7.63. The third kappa shape index (κ3) is 3.99. The van der Waals surface area contributed by atoms with Gasteiger partial charge in [0.15, 0.2) is 5.96 Å². The molecule has 0 spiro atoms. The molecule has 0 heterocycles. The highest BCUT2D eigenvalue weighted by atomic mass is 15.1. The molecule has 0 aliphatic heterocycles. The summed E-state index contributed by atoms with van der Waals surface area (Å²) >= 11 is 0. The van der Waals surface area contributed by atoms with E-state index in [1.165, 1.54) is 11.1 Å². The van der Waals surface area contributed by atoms with Crippen LogP contribution >= 0.6 is 0 Å². The van der Waals surface area contributed by atoms with Gasteiger partial charge in [0.2, 0.25) is 0 Å². The number of nitrogens with one attached hydrogen (secondary N) is 1. The average Bonchev–Trinajstić information content (AvgIpc) is 3.15. The lowest BCUT2D eigenvalue weighted by molar-refractivity contribution is 0.660. The van der Waals surface area contributed by atoms with E-state index >= 15 is 0 Å². The Kier molecular flexibility index (Phi) is 4.69. The van der Waals surface area contributed by atoms with Gasteiger partial charge < -0.3 is 11.1 Å². The average molecular weight is 273 g/mol. The molecule has 20 heavy (non-hydrogen) atoms. The van der Waals surface area contributed by atoms with Crippen LogP contribution in [0.1, 0.15) is 57.1 Å². The summed E-state index contributed by atoms with van der Waals surface area (Å²) < 4.78 is 0. The Balaban J connectivity index is 1.87. The summed E-state index contributed by atoms with van der Waals surface area (Å²) in [6, 6.07) is 9.44. The normalized spacial score (nSPS) is 22.4. The van der Waals surface area contributed by atoms with E-state index in [0.717, 1.165) is 13.0 Å². The third-order valence-electron chi connectivity index (χ3n) is 3.78. The van der Waals surface area contributed by atoms with Gasteiger partial charge in [-0.15, -0.1) is 0 Å². The van der Waals surface area contributed by atoms with Gasteiger partial charge >= 0.3 is 0 Å². The van der Waals surface area contributed by atoms with Crippen LogP contribution in [-0.2, 0) is 0 Å². The summed E-state index contributed by atoms with van der Waals surface area (Å²) in [6.45, 7) is 9.53. The summed E-state index contributed by atoms with van der Waals surface area (Å²) in [7, 11) is 0. The molecule has 3 nitrogen and oxygen atoms in total. The smallest absolute Gasteiger partial charge is 0.188 e. The highest BCUT2D eigenvalue weighted by molar-refractivity contribution is 5.78. The number of rotatable bonds is 5. The summed E-state index contributed by atoms with van der Waals surface area (Å²) in [5.74, 6) is 2.32. The van der Waals surface area contributed by atoms with Gasteiger partial charge in [-0.25, -0.2) is 0 Å². The number of guanidine groups is 1. The lowest BCUT2D eigenvalue weighted by atomic mass is 10.0. The van der Waals surface area contributed by atoms with Crippen molar-refractivity contribution >= 4 is 5.96 Å². The van der Waals surface area contributed by atoms with Crippen molar-refractivity contribution in [1.29, 1.82) is 0 Å². The highest BCUT2D eigenvalue weighted by Crippen LogP contribution is 2.40. The maximum atomic E-state index is 5.91.